The Kier molecular flexibility index (Phi) is 5.63. The van der Waals surface area contributed by atoms with Crippen LogP contribution in [-0.4, -0.2) is 43.7 Å². The highest BCUT2D eigenvalue weighted by Gasteiger charge is 2.15. The van der Waals surface area contributed by atoms with Crippen molar-refractivity contribution in [1.82, 2.24) is 10.2 Å². The topological polar surface area (TPSA) is 41.6 Å². The summed E-state index contributed by atoms with van der Waals surface area (Å²) in [5.74, 6) is 0.190. The van der Waals surface area contributed by atoms with Crippen LogP contribution in [0.1, 0.15) is 12.0 Å². The normalized spacial score (nSPS) is 15.5. The first-order valence-electron chi connectivity index (χ1n) is 6.57. The van der Waals surface area contributed by atoms with Gasteiger partial charge in [-0.3, -0.25) is 4.79 Å². The van der Waals surface area contributed by atoms with Crippen LogP contribution in [0.3, 0.4) is 0 Å². The molecular weight excluding hydrogens is 264 g/mol. The molecular formula is C14H19ClN2O2. The van der Waals surface area contributed by atoms with Crippen molar-refractivity contribution >= 4 is 17.5 Å². The fraction of sp³-hybridized carbons (Fsp3) is 0.500. The van der Waals surface area contributed by atoms with Crippen LogP contribution < -0.4 is 5.32 Å². The summed E-state index contributed by atoms with van der Waals surface area (Å²) in [6, 6.07) is 7.73. The molecule has 1 aromatic carbocycles. The van der Waals surface area contributed by atoms with E-state index >= 15 is 0 Å². The van der Waals surface area contributed by atoms with Crippen molar-refractivity contribution in [3.05, 3.63) is 34.9 Å². The quantitative estimate of drug-likeness (QED) is 0.836. The second-order valence-electron chi connectivity index (χ2n) is 4.51. The number of hydrogen-bond donors (Lipinski definition) is 1. The SMILES string of the molecule is O=C(CCNCc1ccccc1Cl)N1CCOCC1. The molecule has 1 N–H and O–H groups in total. The Morgan fingerprint density at radius 3 is 2.79 bits per heavy atom. The van der Waals surface area contributed by atoms with Crippen LogP contribution in [0.25, 0.3) is 0 Å². The summed E-state index contributed by atoms with van der Waals surface area (Å²) in [6.07, 6.45) is 0.518. The largest absolute Gasteiger partial charge is 0.378 e. The van der Waals surface area contributed by atoms with E-state index in [1.807, 2.05) is 29.2 Å². The first-order chi connectivity index (χ1) is 9.27. The fourth-order valence-corrected chi connectivity index (χ4v) is 2.23. The van der Waals surface area contributed by atoms with Crippen molar-refractivity contribution < 1.29 is 9.53 Å². The van der Waals surface area contributed by atoms with E-state index in [1.54, 1.807) is 0 Å². The molecule has 0 aromatic heterocycles. The molecule has 2 rings (SSSR count). The number of ether oxygens (including phenoxy) is 1. The molecule has 0 bridgehead atoms. The molecule has 104 valence electrons. The highest BCUT2D eigenvalue weighted by atomic mass is 35.5. The number of carbonyl (C=O) groups excluding carboxylic acids is 1. The Balaban J connectivity index is 1.66. The summed E-state index contributed by atoms with van der Waals surface area (Å²) in [4.78, 5) is 13.7. The number of hydrogen-bond acceptors (Lipinski definition) is 3. The molecule has 1 aliphatic heterocycles. The molecule has 0 unspecified atom stereocenters. The number of amides is 1. The van der Waals surface area contributed by atoms with E-state index in [-0.39, 0.29) is 5.91 Å². The van der Waals surface area contributed by atoms with E-state index in [9.17, 15) is 4.79 Å². The number of nitrogens with zero attached hydrogens (tertiary/aromatic N) is 1. The van der Waals surface area contributed by atoms with Gasteiger partial charge in [0, 0.05) is 37.6 Å². The van der Waals surface area contributed by atoms with Crippen molar-refractivity contribution in [1.29, 1.82) is 0 Å². The van der Waals surface area contributed by atoms with Crippen LogP contribution in [0.2, 0.25) is 5.02 Å². The van der Waals surface area contributed by atoms with Crippen LogP contribution in [0.15, 0.2) is 24.3 Å². The van der Waals surface area contributed by atoms with Gasteiger partial charge >= 0.3 is 0 Å². The summed E-state index contributed by atoms with van der Waals surface area (Å²) < 4.78 is 5.22. The first kappa shape index (κ1) is 14.3. The van der Waals surface area contributed by atoms with Gasteiger partial charge in [0.2, 0.25) is 5.91 Å². The minimum Gasteiger partial charge on any atom is -0.378 e. The van der Waals surface area contributed by atoms with Gasteiger partial charge in [-0.15, -0.1) is 0 Å². The summed E-state index contributed by atoms with van der Waals surface area (Å²) >= 11 is 6.06. The van der Waals surface area contributed by atoms with E-state index in [1.165, 1.54) is 0 Å². The monoisotopic (exact) mass is 282 g/mol. The second kappa shape index (κ2) is 7.48. The second-order valence-corrected chi connectivity index (χ2v) is 4.92. The summed E-state index contributed by atoms with van der Waals surface area (Å²) in [7, 11) is 0. The third-order valence-electron chi connectivity index (χ3n) is 3.15. The zero-order chi connectivity index (χ0) is 13.5. The van der Waals surface area contributed by atoms with Gasteiger partial charge in [0.05, 0.1) is 13.2 Å². The lowest BCUT2D eigenvalue weighted by molar-refractivity contribution is -0.135. The summed E-state index contributed by atoms with van der Waals surface area (Å²) in [5, 5.41) is 4.01. The minimum atomic E-state index is 0.190. The molecule has 0 saturated carbocycles. The van der Waals surface area contributed by atoms with Crippen molar-refractivity contribution in [3.63, 3.8) is 0 Å². The zero-order valence-corrected chi connectivity index (χ0v) is 11.7. The minimum absolute atomic E-state index is 0.190. The van der Waals surface area contributed by atoms with Gasteiger partial charge in [-0.05, 0) is 11.6 Å². The van der Waals surface area contributed by atoms with Gasteiger partial charge in [-0.25, -0.2) is 0 Å². The van der Waals surface area contributed by atoms with Crippen LogP contribution in [0.4, 0.5) is 0 Å². The highest BCUT2D eigenvalue weighted by molar-refractivity contribution is 6.31. The Morgan fingerprint density at radius 1 is 1.32 bits per heavy atom. The number of halogens is 1. The molecule has 0 aliphatic carbocycles. The van der Waals surface area contributed by atoms with Crippen molar-refractivity contribution in [3.8, 4) is 0 Å². The third kappa shape index (κ3) is 4.49. The number of nitrogens with one attached hydrogen (secondary N) is 1. The predicted molar refractivity (Wildman–Crippen MR) is 75.2 cm³/mol. The number of carbonyl (C=O) groups is 1. The molecule has 0 spiro atoms. The summed E-state index contributed by atoms with van der Waals surface area (Å²) in [5.41, 5.74) is 1.06. The van der Waals surface area contributed by atoms with E-state index in [4.69, 9.17) is 16.3 Å². The van der Waals surface area contributed by atoms with Gasteiger partial charge in [0.25, 0.3) is 0 Å². The highest BCUT2D eigenvalue weighted by Crippen LogP contribution is 2.14. The van der Waals surface area contributed by atoms with Crippen LogP contribution in [0, 0.1) is 0 Å². The van der Waals surface area contributed by atoms with Crippen molar-refractivity contribution in [2.24, 2.45) is 0 Å². The van der Waals surface area contributed by atoms with Gasteiger partial charge in [0.1, 0.15) is 0 Å². The van der Waals surface area contributed by atoms with Crippen molar-refractivity contribution in [2.75, 3.05) is 32.8 Å². The van der Waals surface area contributed by atoms with E-state index < -0.39 is 0 Å². The molecule has 1 aromatic rings. The van der Waals surface area contributed by atoms with Gasteiger partial charge in [0.15, 0.2) is 0 Å². The molecule has 1 heterocycles. The van der Waals surface area contributed by atoms with Gasteiger partial charge in [-0.2, -0.15) is 0 Å². The Labute approximate surface area is 118 Å². The molecule has 4 nitrogen and oxygen atoms in total. The Morgan fingerprint density at radius 2 is 2.05 bits per heavy atom. The molecule has 1 amide bonds. The lowest BCUT2D eigenvalue weighted by Crippen LogP contribution is -2.41. The lowest BCUT2D eigenvalue weighted by atomic mass is 10.2. The smallest absolute Gasteiger partial charge is 0.224 e. The maximum Gasteiger partial charge on any atom is 0.224 e. The average molecular weight is 283 g/mol. The molecule has 1 aliphatic rings. The van der Waals surface area contributed by atoms with Crippen LogP contribution in [-0.2, 0) is 16.1 Å². The molecule has 5 heteroatoms. The third-order valence-corrected chi connectivity index (χ3v) is 3.52. The van der Waals surface area contributed by atoms with E-state index in [2.05, 4.69) is 5.32 Å². The Bertz CT molecular complexity index is 420. The standard InChI is InChI=1S/C14H19ClN2O2/c15-13-4-2-1-3-12(13)11-16-6-5-14(18)17-7-9-19-10-8-17/h1-4,16H,5-11H2. The predicted octanol–water partition coefficient (Wildman–Crippen LogP) is 1.68. The molecule has 1 fully saturated rings. The number of morpholine rings is 1. The molecule has 0 atom stereocenters. The van der Waals surface area contributed by atoms with Crippen molar-refractivity contribution in [2.45, 2.75) is 13.0 Å². The lowest BCUT2D eigenvalue weighted by Gasteiger charge is -2.26. The van der Waals surface area contributed by atoms with Gasteiger partial charge in [-0.1, -0.05) is 29.8 Å². The maximum absolute atomic E-state index is 11.9. The van der Waals surface area contributed by atoms with E-state index in [0.29, 0.717) is 45.8 Å². The fourth-order valence-electron chi connectivity index (χ4n) is 2.03. The molecule has 1 saturated heterocycles. The van der Waals surface area contributed by atoms with Crippen LogP contribution in [0.5, 0.6) is 0 Å². The zero-order valence-electron chi connectivity index (χ0n) is 10.9. The number of rotatable bonds is 5. The summed E-state index contributed by atoms with van der Waals surface area (Å²) in [6.45, 7) is 4.09. The maximum atomic E-state index is 11.9. The number of benzene rings is 1. The van der Waals surface area contributed by atoms with Crippen LogP contribution >= 0.6 is 11.6 Å². The molecule has 19 heavy (non-hydrogen) atoms. The first-order valence-corrected chi connectivity index (χ1v) is 6.95. The molecule has 0 radical (unpaired) electrons. The van der Waals surface area contributed by atoms with E-state index in [0.717, 1.165) is 10.6 Å². The Hall–Kier alpha value is -1.10. The average Bonchev–Trinajstić information content (AvgIpc) is 2.46. The van der Waals surface area contributed by atoms with Gasteiger partial charge < -0.3 is 15.0 Å².